The molecule has 6 aromatic rings. The Bertz CT molecular complexity index is 2360. The van der Waals surface area contributed by atoms with Gasteiger partial charge in [0.05, 0.1) is 63.9 Å². The summed E-state index contributed by atoms with van der Waals surface area (Å²) in [4.78, 5) is 44.0. The van der Waals surface area contributed by atoms with Crippen molar-refractivity contribution in [3.8, 4) is 22.5 Å². The number of benzene rings is 4. The molecule has 4 heterocycles. The van der Waals surface area contributed by atoms with Crippen LogP contribution in [-0.2, 0) is 28.5 Å². The summed E-state index contributed by atoms with van der Waals surface area (Å²) in [7, 11) is 3.05. The second kappa shape index (κ2) is 25.2. The highest BCUT2D eigenvalue weighted by molar-refractivity contribution is 5.91. The standard InChI is InChI=1S/C24H27N5O3.C20H21N5O.C4H8O3/c1-31-15-11-23(30)26-19-4-2-18(3-5-19)22-10-12-25-24(28-22)27-20-6-8-21(9-7-20)29-13-16-32-17-14-29;21-16-3-1-15(2-4-16)19-9-10-22-20(24-19)23-17-5-7-18(8-6-17)25-11-13-26-14-12-25;1-7-3-2-4(5)6/h2-10,12H,11,13-17H2,1H3,(H,26,30)(H,25,27,28);1-10H,11-14,21H2,(H,22,23,24);2-3H2,1H3,(H,5,6). The second-order valence-corrected chi connectivity index (χ2v) is 14.7. The Hall–Kier alpha value is -7.18. The molecular formula is C48H56N10O7. The number of ether oxygens (including phenoxy) is 4. The third-order valence-electron chi connectivity index (χ3n) is 10.0. The number of carbonyl (C=O) groups is 2. The minimum atomic E-state index is -0.818. The fraction of sp³-hybridized carbons (Fsp3) is 0.292. The molecule has 340 valence electrons. The van der Waals surface area contributed by atoms with Gasteiger partial charge < -0.3 is 55.5 Å². The van der Waals surface area contributed by atoms with E-state index in [1.54, 1.807) is 19.5 Å². The molecule has 2 aliphatic rings. The van der Waals surface area contributed by atoms with Gasteiger partial charge in [0.25, 0.3) is 0 Å². The summed E-state index contributed by atoms with van der Waals surface area (Å²) >= 11 is 0. The first-order chi connectivity index (χ1) is 31.8. The van der Waals surface area contributed by atoms with Crippen LogP contribution in [0.2, 0.25) is 0 Å². The van der Waals surface area contributed by atoms with Gasteiger partial charge in [-0.25, -0.2) is 19.9 Å². The van der Waals surface area contributed by atoms with Crippen LogP contribution in [-0.4, -0.2) is 117 Å². The van der Waals surface area contributed by atoms with Crippen LogP contribution in [0.3, 0.4) is 0 Å². The van der Waals surface area contributed by atoms with Crippen LogP contribution in [0.15, 0.2) is 122 Å². The zero-order chi connectivity index (χ0) is 45.6. The molecule has 0 unspecified atom stereocenters. The van der Waals surface area contributed by atoms with Gasteiger partial charge in [-0.05, 0) is 84.9 Å². The highest BCUT2D eigenvalue weighted by Gasteiger charge is 2.13. The number of rotatable bonds is 15. The van der Waals surface area contributed by atoms with E-state index in [1.807, 2.05) is 84.9 Å². The van der Waals surface area contributed by atoms with E-state index in [-0.39, 0.29) is 12.3 Å². The number of aliphatic carboxylic acids is 1. The lowest BCUT2D eigenvalue weighted by molar-refractivity contribution is -0.138. The van der Waals surface area contributed by atoms with Crippen molar-refractivity contribution in [3.63, 3.8) is 0 Å². The highest BCUT2D eigenvalue weighted by Crippen LogP contribution is 2.25. The molecule has 0 saturated carbocycles. The SMILES string of the molecule is COCCC(=O)Nc1ccc(-c2ccnc(Nc3ccc(N4CCOCC4)cc3)n2)cc1.COCCC(=O)O.Nc1ccc(-c2ccnc(Nc3ccc(N4CCOCC4)cc3)n2)cc1. The molecule has 65 heavy (non-hydrogen) atoms. The van der Waals surface area contributed by atoms with Gasteiger partial charge >= 0.3 is 5.97 Å². The molecule has 0 bridgehead atoms. The minimum Gasteiger partial charge on any atom is -0.481 e. The largest absolute Gasteiger partial charge is 0.481 e. The van der Waals surface area contributed by atoms with Gasteiger partial charge in [-0.2, -0.15) is 0 Å². The first-order valence-electron chi connectivity index (χ1n) is 21.3. The number of carboxylic acids is 1. The molecule has 8 rings (SSSR count). The molecule has 6 N–H and O–H groups in total. The number of methoxy groups -OCH3 is 2. The molecular weight excluding hydrogens is 829 g/mol. The number of anilines is 8. The number of nitrogens with zero attached hydrogens (tertiary/aromatic N) is 6. The number of carbonyl (C=O) groups excluding carboxylic acids is 1. The Kier molecular flexibility index (Phi) is 18.3. The fourth-order valence-corrected chi connectivity index (χ4v) is 6.56. The lowest BCUT2D eigenvalue weighted by atomic mass is 10.1. The van der Waals surface area contributed by atoms with Crippen molar-refractivity contribution < 1.29 is 33.6 Å². The Morgan fingerprint density at radius 3 is 1.43 bits per heavy atom. The van der Waals surface area contributed by atoms with Crippen molar-refractivity contribution in [2.24, 2.45) is 0 Å². The van der Waals surface area contributed by atoms with E-state index in [4.69, 9.17) is 25.1 Å². The number of aromatic nitrogens is 4. The lowest BCUT2D eigenvalue weighted by Crippen LogP contribution is -2.36. The van der Waals surface area contributed by atoms with Crippen LogP contribution in [0.4, 0.5) is 46.0 Å². The average Bonchev–Trinajstić information content (AvgIpc) is 3.35. The summed E-state index contributed by atoms with van der Waals surface area (Å²) in [5.74, 6) is 0.201. The molecule has 2 aliphatic heterocycles. The predicted molar refractivity (Wildman–Crippen MR) is 254 cm³/mol. The van der Waals surface area contributed by atoms with Gasteiger partial charge in [0.1, 0.15) is 0 Å². The normalized spacial score (nSPS) is 13.3. The predicted octanol–water partition coefficient (Wildman–Crippen LogP) is 7.11. The van der Waals surface area contributed by atoms with Crippen molar-refractivity contribution in [1.82, 2.24) is 19.9 Å². The zero-order valence-corrected chi connectivity index (χ0v) is 36.7. The van der Waals surface area contributed by atoms with Crippen molar-refractivity contribution in [2.45, 2.75) is 12.8 Å². The third-order valence-corrected chi connectivity index (χ3v) is 10.0. The highest BCUT2D eigenvalue weighted by atomic mass is 16.5. The quantitative estimate of drug-likeness (QED) is 0.0650. The van der Waals surface area contributed by atoms with Crippen molar-refractivity contribution in [2.75, 3.05) is 112 Å². The summed E-state index contributed by atoms with van der Waals surface area (Å²) in [5.41, 5.74) is 15.1. The van der Waals surface area contributed by atoms with Crippen LogP contribution >= 0.6 is 0 Å². The summed E-state index contributed by atoms with van der Waals surface area (Å²) in [5, 5.41) is 17.4. The minimum absolute atomic E-state index is 0.0761. The van der Waals surface area contributed by atoms with Gasteiger partial charge in [0, 0.05) is 98.0 Å². The maximum atomic E-state index is 11.8. The Morgan fingerprint density at radius 1 is 0.600 bits per heavy atom. The van der Waals surface area contributed by atoms with E-state index in [0.29, 0.717) is 31.5 Å². The number of hydrogen-bond acceptors (Lipinski definition) is 15. The molecule has 4 aromatic carbocycles. The Morgan fingerprint density at radius 2 is 1.02 bits per heavy atom. The van der Waals surface area contributed by atoms with Gasteiger partial charge in [0.2, 0.25) is 17.8 Å². The van der Waals surface area contributed by atoms with E-state index in [2.05, 4.69) is 74.7 Å². The van der Waals surface area contributed by atoms with Gasteiger partial charge in [-0.15, -0.1) is 0 Å². The first-order valence-corrected chi connectivity index (χ1v) is 21.3. The first kappa shape index (κ1) is 47.3. The van der Waals surface area contributed by atoms with Crippen molar-refractivity contribution >= 4 is 57.9 Å². The number of nitrogens with one attached hydrogen (secondary N) is 3. The van der Waals surface area contributed by atoms with E-state index >= 15 is 0 Å². The molecule has 2 fully saturated rings. The van der Waals surface area contributed by atoms with E-state index < -0.39 is 5.97 Å². The van der Waals surface area contributed by atoms with E-state index in [0.717, 1.165) is 97.9 Å². The van der Waals surface area contributed by atoms with Gasteiger partial charge in [0.15, 0.2) is 0 Å². The summed E-state index contributed by atoms with van der Waals surface area (Å²) in [6.45, 7) is 7.48. The molecule has 0 atom stereocenters. The molecule has 1 amide bonds. The number of morpholine rings is 2. The van der Waals surface area contributed by atoms with E-state index in [9.17, 15) is 9.59 Å². The maximum absolute atomic E-state index is 11.8. The zero-order valence-electron chi connectivity index (χ0n) is 36.7. The lowest BCUT2D eigenvalue weighted by Gasteiger charge is -2.28. The van der Waals surface area contributed by atoms with Crippen LogP contribution in [0.25, 0.3) is 22.5 Å². The molecule has 0 radical (unpaired) electrons. The van der Waals surface area contributed by atoms with Gasteiger partial charge in [-0.3, -0.25) is 9.59 Å². The maximum Gasteiger partial charge on any atom is 0.305 e. The number of hydrogen-bond donors (Lipinski definition) is 5. The summed E-state index contributed by atoms with van der Waals surface area (Å²) in [6, 6.07) is 35.5. The third kappa shape index (κ3) is 15.5. The second-order valence-electron chi connectivity index (χ2n) is 14.7. The molecule has 0 spiro atoms. The fourth-order valence-electron chi connectivity index (χ4n) is 6.56. The van der Waals surface area contributed by atoms with Gasteiger partial charge in [-0.1, -0.05) is 24.3 Å². The molecule has 17 nitrogen and oxygen atoms in total. The van der Waals surface area contributed by atoms with Crippen LogP contribution in [0.5, 0.6) is 0 Å². The number of carboxylic acid groups (broad SMARTS) is 1. The monoisotopic (exact) mass is 884 g/mol. The van der Waals surface area contributed by atoms with Crippen LogP contribution in [0.1, 0.15) is 12.8 Å². The molecule has 0 aliphatic carbocycles. The number of nitrogen functional groups attached to an aromatic ring is 1. The van der Waals surface area contributed by atoms with E-state index in [1.165, 1.54) is 18.5 Å². The Labute approximate surface area is 379 Å². The number of nitrogens with two attached hydrogens (primary N) is 1. The topological polar surface area (TPSA) is 211 Å². The molecule has 2 saturated heterocycles. The summed E-state index contributed by atoms with van der Waals surface area (Å²) in [6.07, 6.45) is 3.90. The van der Waals surface area contributed by atoms with Crippen molar-refractivity contribution in [1.29, 1.82) is 0 Å². The smallest absolute Gasteiger partial charge is 0.305 e. The van der Waals surface area contributed by atoms with Crippen LogP contribution < -0.4 is 31.5 Å². The van der Waals surface area contributed by atoms with Crippen molar-refractivity contribution in [3.05, 3.63) is 122 Å². The molecule has 17 heteroatoms. The number of amides is 1. The summed E-state index contributed by atoms with van der Waals surface area (Å²) < 4.78 is 20.2. The van der Waals surface area contributed by atoms with Crippen LogP contribution in [0, 0.1) is 0 Å². The Balaban J connectivity index is 0.000000191. The average molecular weight is 885 g/mol. The molecule has 2 aromatic heterocycles.